The van der Waals surface area contributed by atoms with Gasteiger partial charge in [-0.1, -0.05) is 0 Å². The molecule has 0 saturated carbocycles. The van der Waals surface area contributed by atoms with Crippen molar-refractivity contribution in [3.63, 3.8) is 0 Å². The number of thiophene rings is 1. The number of likely N-dealkylation sites (tertiary alicyclic amines) is 1. The lowest BCUT2D eigenvalue weighted by Gasteiger charge is -2.47. The Bertz CT molecular complexity index is 680. The van der Waals surface area contributed by atoms with E-state index in [2.05, 4.69) is 17.1 Å². The summed E-state index contributed by atoms with van der Waals surface area (Å²) in [6, 6.07) is 2.57. The smallest absolute Gasteiger partial charge is 0.243 e. The van der Waals surface area contributed by atoms with Crippen molar-refractivity contribution in [3.8, 4) is 0 Å². The van der Waals surface area contributed by atoms with Crippen LogP contribution in [0.3, 0.4) is 0 Å². The van der Waals surface area contributed by atoms with Gasteiger partial charge in [-0.25, -0.2) is 8.78 Å². The fourth-order valence-electron chi connectivity index (χ4n) is 4.69. The summed E-state index contributed by atoms with van der Waals surface area (Å²) in [5.74, 6) is 0.154. The maximum absolute atomic E-state index is 12.8. The molecule has 4 nitrogen and oxygen atoms in total. The molecule has 144 valence electrons. The molecular weight excluding hydrogens is 358 g/mol. The van der Waals surface area contributed by atoms with E-state index in [4.69, 9.17) is 4.74 Å². The normalized spacial score (nSPS) is 32.2. The molecule has 4 rings (SSSR count). The summed E-state index contributed by atoms with van der Waals surface area (Å²) in [6.45, 7) is 4.68. The maximum Gasteiger partial charge on any atom is 0.243 e. The number of carbonyl (C=O) groups is 1. The molecule has 1 aromatic heterocycles. The Balaban J connectivity index is 1.47. The highest BCUT2D eigenvalue weighted by atomic mass is 32.1. The predicted octanol–water partition coefficient (Wildman–Crippen LogP) is 3.09. The topological polar surface area (TPSA) is 41.6 Å². The van der Waals surface area contributed by atoms with Crippen LogP contribution >= 0.6 is 11.3 Å². The highest BCUT2D eigenvalue weighted by Gasteiger charge is 2.45. The van der Waals surface area contributed by atoms with Gasteiger partial charge < -0.3 is 10.1 Å². The molecule has 0 radical (unpaired) electrons. The van der Waals surface area contributed by atoms with E-state index in [1.807, 2.05) is 6.07 Å². The number of piperidine rings is 1. The molecule has 3 atom stereocenters. The summed E-state index contributed by atoms with van der Waals surface area (Å²) in [5.41, 5.74) is 0.897. The third kappa shape index (κ3) is 3.53. The number of halogens is 2. The zero-order valence-corrected chi connectivity index (χ0v) is 15.9. The van der Waals surface area contributed by atoms with Gasteiger partial charge in [0.15, 0.2) is 0 Å². The molecule has 0 aromatic carbocycles. The Morgan fingerprint density at radius 1 is 1.46 bits per heavy atom. The Kier molecular flexibility index (Phi) is 5.05. The molecule has 1 unspecified atom stereocenters. The average molecular weight is 384 g/mol. The molecule has 2 saturated heterocycles. The number of alkyl halides is 2. The fourth-order valence-corrected chi connectivity index (χ4v) is 6.09. The largest absolute Gasteiger partial charge is 0.369 e. The number of rotatable bonds is 4. The van der Waals surface area contributed by atoms with Gasteiger partial charge in [0.1, 0.15) is 5.60 Å². The van der Waals surface area contributed by atoms with Gasteiger partial charge in [-0.15, -0.1) is 11.3 Å². The zero-order valence-electron chi connectivity index (χ0n) is 15.1. The van der Waals surface area contributed by atoms with Crippen molar-refractivity contribution in [3.05, 3.63) is 21.4 Å². The lowest BCUT2D eigenvalue weighted by molar-refractivity contribution is -0.120. The quantitative estimate of drug-likeness (QED) is 0.867. The van der Waals surface area contributed by atoms with Crippen molar-refractivity contribution >= 4 is 17.2 Å². The third-order valence-corrected chi connectivity index (χ3v) is 7.36. The number of ether oxygens (including phenoxy) is 1. The Labute approximate surface area is 156 Å². The summed E-state index contributed by atoms with van der Waals surface area (Å²) in [6.07, 6.45) is 1.69. The van der Waals surface area contributed by atoms with Crippen molar-refractivity contribution in [2.24, 2.45) is 0 Å². The van der Waals surface area contributed by atoms with E-state index in [1.54, 1.807) is 0 Å². The minimum atomic E-state index is -2.30. The molecule has 4 heterocycles. The van der Waals surface area contributed by atoms with Gasteiger partial charge in [0.25, 0.3) is 0 Å². The number of amides is 1. The highest BCUT2D eigenvalue weighted by Crippen LogP contribution is 2.47. The van der Waals surface area contributed by atoms with Crippen molar-refractivity contribution in [2.75, 3.05) is 19.7 Å². The molecular formula is C19H26F2N2O2S. The first-order chi connectivity index (χ1) is 12.4. The lowest BCUT2D eigenvalue weighted by Crippen LogP contribution is -2.53. The van der Waals surface area contributed by atoms with E-state index in [0.29, 0.717) is 19.1 Å². The lowest BCUT2D eigenvalue weighted by atomic mass is 9.82. The summed E-state index contributed by atoms with van der Waals surface area (Å²) >= 11 is 1.52. The fraction of sp³-hybridized carbons (Fsp3) is 0.737. The Hall–Kier alpha value is -1.05. The minimum absolute atomic E-state index is 0.154. The monoisotopic (exact) mass is 384 g/mol. The SMILES string of the molecule is C[C@H]1C[C@@]2(CCN1CC1CCC(=O)N1)OCCc1cc(CC(F)F)sc12. The number of nitrogens with zero attached hydrogens (tertiary/aromatic N) is 1. The average Bonchev–Trinajstić information content (AvgIpc) is 3.16. The summed E-state index contributed by atoms with van der Waals surface area (Å²) in [5, 5.41) is 3.05. The van der Waals surface area contributed by atoms with Crippen molar-refractivity contribution in [1.29, 1.82) is 0 Å². The van der Waals surface area contributed by atoms with Crippen LogP contribution in [0.1, 0.15) is 47.9 Å². The van der Waals surface area contributed by atoms with Gasteiger partial charge in [0.2, 0.25) is 12.3 Å². The van der Waals surface area contributed by atoms with Crippen LogP contribution in [0.4, 0.5) is 8.78 Å². The van der Waals surface area contributed by atoms with Crippen LogP contribution in [0.15, 0.2) is 6.07 Å². The molecule has 3 aliphatic rings. The molecule has 1 N–H and O–H groups in total. The molecule has 3 aliphatic heterocycles. The summed E-state index contributed by atoms with van der Waals surface area (Å²) in [7, 11) is 0. The minimum Gasteiger partial charge on any atom is -0.369 e. The zero-order chi connectivity index (χ0) is 18.3. The van der Waals surface area contributed by atoms with Gasteiger partial charge in [-0.05, 0) is 44.2 Å². The highest BCUT2D eigenvalue weighted by molar-refractivity contribution is 7.12. The van der Waals surface area contributed by atoms with E-state index in [1.165, 1.54) is 21.8 Å². The molecule has 1 aromatic rings. The second kappa shape index (κ2) is 7.17. The molecule has 2 fully saturated rings. The number of fused-ring (bicyclic) bond motifs is 2. The predicted molar refractivity (Wildman–Crippen MR) is 96.8 cm³/mol. The molecule has 0 bridgehead atoms. The number of hydrogen-bond acceptors (Lipinski definition) is 4. The first-order valence-corrected chi connectivity index (χ1v) is 10.3. The van der Waals surface area contributed by atoms with Gasteiger partial charge in [-0.2, -0.15) is 0 Å². The molecule has 7 heteroatoms. The van der Waals surface area contributed by atoms with E-state index < -0.39 is 6.43 Å². The molecule has 1 amide bonds. The standard InChI is InChI=1S/C19H26F2N2O2S/c1-12-10-19(5-6-23(12)11-14-2-3-17(24)22-14)18-13(4-7-25-19)8-15(26-18)9-16(20)21/h8,12,14,16H,2-7,9-11H2,1H3,(H,22,24)/t12-,14?,19+/m0/s1. The van der Waals surface area contributed by atoms with E-state index >= 15 is 0 Å². The molecule has 26 heavy (non-hydrogen) atoms. The van der Waals surface area contributed by atoms with Crippen molar-refractivity contribution < 1.29 is 18.3 Å². The number of carbonyl (C=O) groups excluding carboxylic acids is 1. The number of hydrogen-bond donors (Lipinski definition) is 1. The van der Waals surface area contributed by atoms with Crippen LogP contribution in [-0.2, 0) is 28.0 Å². The van der Waals surface area contributed by atoms with Crippen LogP contribution < -0.4 is 5.32 Å². The van der Waals surface area contributed by atoms with E-state index in [0.717, 1.165) is 43.6 Å². The van der Waals surface area contributed by atoms with Crippen LogP contribution in [-0.4, -0.2) is 49.0 Å². The van der Waals surface area contributed by atoms with Crippen molar-refractivity contribution in [2.45, 2.75) is 69.6 Å². The molecule has 1 spiro atoms. The van der Waals surface area contributed by atoms with Crippen LogP contribution in [0, 0.1) is 0 Å². The van der Waals surface area contributed by atoms with E-state index in [9.17, 15) is 13.6 Å². The van der Waals surface area contributed by atoms with Crippen LogP contribution in [0.25, 0.3) is 0 Å². The second-order valence-corrected chi connectivity index (χ2v) is 8.99. The van der Waals surface area contributed by atoms with E-state index in [-0.39, 0.29) is 24.0 Å². The summed E-state index contributed by atoms with van der Waals surface area (Å²) < 4.78 is 31.9. The van der Waals surface area contributed by atoms with Gasteiger partial charge in [-0.3, -0.25) is 9.69 Å². The maximum atomic E-state index is 12.8. The van der Waals surface area contributed by atoms with Crippen LogP contribution in [0.2, 0.25) is 0 Å². The van der Waals surface area contributed by atoms with Crippen molar-refractivity contribution in [1.82, 2.24) is 10.2 Å². The number of nitrogens with one attached hydrogen (secondary N) is 1. The Morgan fingerprint density at radius 3 is 3.00 bits per heavy atom. The summed E-state index contributed by atoms with van der Waals surface area (Å²) in [4.78, 5) is 15.8. The van der Waals surface area contributed by atoms with Gasteiger partial charge in [0.05, 0.1) is 6.61 Å². The molecule has 0 aliphatic carbocycles. The van der Waals surface area contributed by atoms with Gasteiger partial charge in [0, 0.05) is 47.8 Å². The third-order valence-electron chi connectivity index (χ3n) is 5.97. The second-order valence-electron chi connectivity index (χ2n) is 7.86. The van der Waals surface area contributed by atoms with Gasteiger partial charge >= 0.3 is 0 Å². The first-order valence-electron chi connectivity index (χ1n) is 9.53. The Morgan fingerprint density at radius 2 is 2.31 bits per heavy atom. The first kappa shape index (κ1) is 18.3. The van der Waals surface area contributed by atoms with Crippen LogP contribution in [0.5, 0.6) is 0 Å².